The number of fused-ring (bicyclic) bond motifs is 1. The van der Waals surface area contributed by atoms with Crippen LogP contribution in [0.2, 0.25) is 0 Å². The molecule has 1 fully saturated rings. The summed E-state index contributed by atoms with van der Waals surface area (Å²) < 4.78 is 25.0. The Morgan fingerprint density at radius 1 is 1.19 bits per heavy atom. The Morgan fingerprint density at radius 3 is 2.88 bits per heavy atom. The largest absolute Gasteiger partial charge is 0.486 e. The fraction of sp³-hybridized carbons (Fsp3) is 0.316. The number of benzene rings is 2. The van der Waals surface area contributed by atoms with Crippen LogP contribution in [0.1, 0.15) is 11.6 Å². The molecule has 3 unspecified atom stereocenters. The molecule has 2 aliphatic rings. The first-order valence-electron chi connectivity index (χ1n) is 8.61. The summed E-state index contributed by atoms with van der Waals surface area (Å²) in [5.74, 6) is 0.625. The van der Waals surface area contributed by atoms with Gasteiger partial charge in [0.15, 0.2) is 11.5 Å². The number of hydrazine groups is 1. The zero-order valence-electron chi connectivity index (χ0n) is 14.1. The van der Waals surface area contributed by atoms with Gasteiger partial charge in [-0.3, -0.25) is 10.2 Å². The third-order valence-corrected chi connectivity index (χ3v) is 4.60. The van der Waals surface area contributed by atoms with Crippen molar-refractivity contribution in [1.29, 1.82) is 0 Å². The maximum atomic E-state index is 13.5. The van der Waals surface area contributed by atoms with Gasteiger partial charge in [-0.15, -0.1) is 0 Å². The van der Waals surface area contributed by atoms with Crippen molar-refractivity contribution in [2.45, 2.75) is 12.1 Å². The molecule has 1 saturated heterocycles. The highest BCUT2D eigenvalue weighted by atomic mass is 19.1. The zero-order chi connectivity index (χ0) is 17.9. The molecule has 2 heterocycles. The van der Waals surface area contributed by atoms with Crippen LogP contribution in [0, 0.1) is 11.7 Å². The number of carbonyl (C=O) groups is 1. The minimum atomic E-state index is -0.339. The molecule has 1 amide bonds. The van der Waals surface area contributed by atoms with Crippen LogP contribution < -0.4 is 25.6 Å². The van der Waals surface area contributed by atoms with Gasteiger partial charge < -0.3 is 14.8 Å². The summed E-state index contributed by atoms with van der Waals surface area (Å²) in [6.45, 7) is 1.20. The number of para-hydroxylation sites is 2. The second-order valence-electron chi connectivity index (χ2n) is 6.41. The Kier molecular flexibility index (Phi) is 4.73. The van der Waals surface area contributed by atoms with Gasteiger partial charge in [-0.1, -0.05) is 24.3 Å². The van der Waals surface area contributed by atoms with Crippen molar-refractivity contribution in [2.75, 3.05) is 19.7 Å². The van der Waals surface area contributed by atoms with E-state index in [1.54, 1.807) is 6.07 Å². The first-order valence-corrected chi connectivity index (χ1v) is 8.61. The highest BCUT2D eigenvalue weighted by Crippen LogP contribution is 2.31. The predicted molar refractivity (Wildman–Crippen MR) is 93.1 cm³/mol. The average Bonchev–Trinajstić information content (AvgIpc) is 3.16. The quantitative estimate of drug-likeness (QED) is 0.774. The third kappa shape index (κ3) is 3.49. The molecule has 2 aliphatic heterocycles. The topological polar surface area (TPSA) is 71.6 Å². The van der Waals surface area contributed by atoms with Crippen LogP contribution in [0.3, 0.4) is 0 Å². The minimum absolute atomic E-state index is 0.112. The van der Waals surface area contributed by atoms with Crippen molar-refractivity contribution < 1.29 is 18.7 Å². The van der Waals surface area contributed by atoms with Gasteiger partial charge in [0.05, 0.1) is 18.5 Å². The van der Waals surface area contributed by atoms with Gasteiger partial charge in [0.2, 0.25) is 5.91 Å². The van der Waals surface area contributed by atoms with Gasteiger partial charge in [-0.25, -0.2) is 9.82 Å². The summed E-state index contributed by atoms with van der Waals surface area (Å²) in [6.07, 6.45) is -0.246. The van der Waals surface area contributed by atoms with Crippen LogP contribution in [0.4, 0.5) is 4.39 Å². The molecule has 7 heteroatoms. The highest BCUT2D eigenvalue weighted by molar-refractivity contribution is 5.80. The van der Waals surface area contributed by atoms with E-state index in [9.17, 15) is 9.18 Å². The van der Waals surface area contributed by atoms with Crippen LogP contribution in [0.15, 0.2) is 48.5 Å². The first-order chi connectivity index (χ1) is 12.7. The molecule has 3 N–H and O–H groups in total. The van der Waals surface area contributed by atoms with Gasteiger partial charge in [0.1, 0.15) is 18.5 Å². The van der Waals surface area contributed by atoms with E-state index in [1.807, 2.05) is 30.3 Å². The van der Waals surface area contributed by atoms with Crippen LogP contribution in [0.5, 0.6) is 11.5 Å². The average molecular weight is 357 g/mol. The molecule has 2 aromatic rings. The molecule has 0 spiro atoms. The smallest absolute Gasteiger partial charge is 0.226 e. The van der Waals surface area contributed by atoms with Crippen LogP contribution in [0.25, 0.3) is 0 Å². The van der Waals surface area contributed by atoms with Gasteiger partial charge in [-0.2, -0.15) is 0 Å². The second-order valence-corrected chi connectivity index (χ2v) is 6.41. The number of carbonyl (C=O) groups excluding carboxylic acids is 1. The van der Waals surface area contributed by atoms with Gasteiger partial charge in [0.25, 0.3) is 0 Å². The maximum Gasteiger partial charge on any atom is 0.226 e. The van der Waals surface area contributed by atoms with Gasteiger partial charge in [-0.05, 0) is 29.8 Å². The lowest BCUT2D eigenvalue weighted by Crippen LogP contribution is -2.44. The number of rotatable bonds is 4. The Morgan fingerprint density at radius 2 is 2.04 bits per heavy atom. The van der Waals surface area contributed by atoms with Crippen molar-refractivity contribution in [1.82, 2.24) is 16.2 Å². The molecular weight excluding hydrogens is 337 g/mol. The van der Waals surface area contributed by atoms with Crippen molar-refractivity contribution in [3.05, 3.63) is 59.9 Å². The maximum absolute atomic E-state index is 13.5. The number of halogens is 1. The molecule has 2 aromatic carbocycles. The Labute approximate surface area is 150 Å². The summed E-state index contributed by atoms with van der Waals surface area (Å²) in [7, 11) is 0. The first kappa shape index (κ1) is 16.8. The minimum Gasteiger partial charge on any atom is -0.486 e. The molecule has 6 nitrogen and oxygen atoms in total. The molecule has 26 heavy (non-hydrogen) atoms. The predicted octanol–water partition coefficient (Wildman–Crippen LogP) is 1.55. The van der Waals surface area contributed by atoms with E-state index in [-0.39, 0.29) is 29.8 Å². The molecule has 0 aliphatic carbocycles. The normalized spacial score (nSPS) is 24.3. The van der Waals surface area contributed by atoms with E-state index < -0.39 is 0 Å². The Bertz CT molecular complexity index is 801. The molecule has 0 aromatic heterocycles. The lowest BCUT2D eigenvalue weighted by molar-refractivity contribution is -0.125. The van der Waals surface area contributed by atoms with E-state index in [2.05, 4.69) is 16.2 Å². The van der Waals surface area contributed by atoms with E-state index in [0.29, 0.717) is 31.2 Å². The van der Waals surface area contributed by atoms with Crippen LogP contribution in [-0.2, 0) is 4.79 Å². The Balaban J connectivity index is 1.36. The zero-order valence-corrected chi connectivity index (χ0v) is 14.1. The van der Waals surface area contributed by atoms with Crippen LogP contribution in [-0.4, -0.2) is 31.7 Å². The number of hydrogen-bond acceptors (Lipinski definition) is 5. The highest BCUT2D eigenvalue weighted by Gasteiger charge is 2.34. The third-order valence-electron chi connectivity index (χ3n) is 4.60. The number of hydrogen-bond donors (Lipinski definition) is 3. The molecule has 136 valence electrons. The number of amides is 1. The van der Waals surface area contributed by atoms with E-state index >= 15 is 0 Å². The summed E-state index contributed by atoms with van der Waals surface area (Å²) in [6, 6.07) is 13.5. The van der Waals surface area contributed by atoms with E-state index in [0.717, 1.165) is 5.56 Å². The summed E-state index contributed by atoms with van der Waals surface area (Å²) in [5.41, 5.74) is 6.77. The van der Waals surface area contributed by atoms with E-state index in [4.69, 9.17) is 9.47 Å². The molecular formula is C19H20FN3O3. The summed E-state index contributed by atoms with van der Waals surface area (Å²) in [4.78, 5) is 12.6. The fourth-order valence-corrected chi connectivity index (χ4v) is 3.27. The van der Waals surface area contributed by atoms with E-state index in [1.165, 1.54) is 12.1 Å². The Hall–Kier alpha value is -2.64. The molecule has 0 saturated carbocycles. The van der Waals surface area contributed by atoms with Gasteiger partial charge in [0, 0.05) is 6.54 Å². The number of ether oxygens (including phenoxy) is 2. The molecule has 0 radical (unpaired) electrons. The van der Waals surface area contributed by atoms with Gasteiger partial charge >= 0.3 is 0 Å². The van der Waals surface area contributed by atoms with Crippen molar-refractivity contribution in [3.8, 4) is 11.5 Å². The van der Waals surface area contributed by atoms with Crippen molar-refractivity contribution in [2.24, 2.45) is 5.92 Å². The molecule has 4 rings (SSSR count). The lowest BCUT2D eigenvalue weighted by Gasteiger charge is -2.27. The van der Waals surface area contributed by atoms with Crippen molar-refractivity contribution in [3.63, 3.8) is 0 Å². The van der Waals surface area contributed by atoms with Crippen LogP contribution >= 0.6 is 0 Å². The monoisotopic (exact) mass is 357 g/mol. The molecule has 0 bridgehead atoms. The second kappa shape index (κ2) is 7.31. The lowest BCUT2D eigenvalue weighted by atomic mass is 9.94. The van der Waals surface area contributed by atoms with Crippen molar-refractivity contribution >= 4 is 5.91 Å². The fourth-order valence-electron chi connectivity index (χ4n) is 3.27. The number of nitrogens with one attached hydrogen (secondary N) is 3. The SMILES string of the molecule is O=C(NCC1COc2ccccc2O1)C1CNNC1c1cccc(F)c1. The summed E-state index contributed by atoms with van der Waals surface area (Å²) in [5, 5.41) is 2.92. The molecule has 3 atom stereocenters. The standard InChI is InChI=1S/C19H20FN3O3/c20-13-5-3-4-12(8-13)18-15(10-22-23-18)19(24)21-9-14-11-25-16-6-1-2-7-17(16)26-14/h1-8,14-15,18,22-23H,9-11H2,(H,21,24). The summed E-state index contributed by atoms with van der Waals surface area (Å²) >= 11 is 0.